The molecule has 1 N–H and O–H groups in total. The van der Waals surface area contributed by atoms with Crippen LogP contribution >= 0.6 is 0 Å². The number of piperidine rings is 1. The minimum Gasteiger partial charge on any atom is -0.497 e. The first-order valence-electron chi connectivity index (χ1n) is 11.5. The monoisotopic (exact) mass is 426 g/mol. The number of nitrogens with zero attached hydrogens (tertiary/aromatic N) is 3. The molecule has 1 amide bonds. The summed E-state index contributed by atoms with van der Waals surface area (Å²) in [5.74, 6) is 1.26. The minimum absolute atomic E-state index is 0.0582. The molecule has 1 saturated carbocycles. The molecule has 2 fully saturated rings. The number of ether oxygens (including phenoxy) is 2. The van der Waals surface area contributed by atoms with Crippen molar-refractivity contribution < 1.29 is 14.3 Å². The number of aromatic nitrogens is 2. The van der Waals surface area contributed by atoms with Gasteiger partial charge in [0.2, 0.25) is 0 Å². The maximum Gasteiger partial charge on any atom is 0.255 e. The van der Waals surface area contributed by atoms with E-state index in [0.717, 1.165) is 64.0 Å². The molecule has 2 heterocycles. The third-order valence-corrected chi connectivity index (χ3v) is 6.07. The number of hydrogen-bond donors (Lipinski definition) is 1. The largest absolute Gasteiger partial charge is 0.497 e. The molecular weight excluding hydrogens is 392 g/mol. The summed E-state index contributed by atoms with van der Waals surface area (Å²) >= 11 is 0. The highest BCUT2D eigenvalue weighted by Gasteiger charge is 2.27. The van der Waals surface area contributed by atoms with Crippen molar-refractivity contribution in [1.82, 2.24) is 20.0 Å². The lowest BCUT2D eigenvalue weighted by atomic mass is 10.1. The van der Waals surface area contributed by atoms with Crippen LogP contribution in [0.15, 0.2) is 24.4 Å². The van der Waals surface area contributed by atoms with Gasteiger partial charge in [0.25, 0.3) is 5.91 Å². The Hall–Kier alpha value is -2.54. The fourth-order valence-corrected chi connectivity index (χ4v) is 4.07. The van der Waals surface area contributed by atoms with Gasteiger partial charge in [-0.1, -0.05) is 6.92 Å². The van der Waals surface area contributed by atoms with Crippen LogP contribution in [0.4, 0.5) is 0 Å². The number of nitrogens with one attached hydrogen (secondary N) is 1. The first-order valence-corrected chi connectivity index (χ1v) is 11.5. The average Bonchev–Trinajstić information content (AvgIpc) is 3.51. The Kier molecular flexibility index (Phi) is 6.80. The molecule has 1 aromatic heterocycles. The number of likely N-dealkylation sites (tertiary alicyclic amines) is 1. The lowest BCUT2D eigenvalue weighted by Crippen LogP contribution is -2.38. The van der Waals surface area contributed by atoms with E-state index in [1.54, 1.807) is 13.2 Å². The van der Waals surface area contributed by atoms with E-state index < -0.39 is 0 Å². The van der Waals surface area contributed by atoms with E-state index in [0.29, 0.717) is 23.1 Å². The van der Waals surface area contributed by atoms with Crippen molar-refractivity contribution in [2.45, 2.75) is 71.2 Å². The Labute approximate surface area is 184 Å². The molecule has 0 bridgehead atoms. The molecule has 1 aromatic carbocycles. The highest BCUT2D eigenvalue weighted by atomic mass is 16.5. The van der Waals surface area contributed by atoms with Crippen LogP contribution in [0.3, 0.4) is 0 Å². The summed E-state index contributed by atoms with van der Waals surface area (Å²) in [6.07, 6.45) is 7.36. The lowest BCUT2D eigenvalue weighted by molar-refractivity contribution is 0.0889. The van der Waals surface area contributed by atoms with Crippen LogP contribution in [0.1, 0.15) is 60.6 Å². The van der Waals surface area contributed by atoms with Crippen LogP contribution in [0.25, 0.3) is 0 Å². The normalized spacial score (nSPS) is 17.5. The SMILES string of the molecule is CCCn1cc(CN2CCC(Oc3cc(OC)ccc3C(=O)NC3CC3)CC2)c(C)n1. The number of carbonyl (C=O) groups excluding carboxylic acids is 1. The summed E-state index contributed by atoms with van der Waals surface area (Å²) in [7, 11) is 1.63. The quantitative estimate of drug-likeness (QED) is 0.664. The second-order valence-electron chi connectivity index (χ2n) is 8.71. The van der Waals surface area contributed by atoms with Gasteiger partial charge in [-0.15, -0.1) is 0 Å². The summed E-state index contributed by atoms with van der Waals surface area (Å²) in [4.78, 5) is 15.1. The van der Waals surface area contributed by atoms with Gasteiger partial charge >= 0.3 is 0 Å². The van der Waals surface area contributed by atoms with Crippen molar-refractivity contribution in [3.8, 4) is 11.5 Å². The molecule has 0 radical (unpaired) electrons. The number of amides is 1. The number of rotatable bonds is 9. The molecule has 4 rings (SSSR count). The molecular formula is C24H34N4O3. The summed E-state index contributed by atoms with van der Waals surface area (Å²) in [5, 5.41) is 7.68. The van der Waals surface area contributed by atoms with Crippen LogP contribution < -0.4 is 14.8 Å². The van der Waals surface area contributed by atoms with Crippen molar-refractivity contribution in [2.75, 3.05) is 20.2 Å². The predicted octanol–water partition coefficient (Wildman–Crippen LogP) is 3.55. The maximum atomic E-state index is 12.6. The summed E-state index contributed by atoms with van der Waals surface area (Å²) < 4.78 is 13.7. The number of aryl methyl sites for hydroxylation is 2. The summed E-state index contributed by atoms with van der Waals surface area (Å²) in [6.45, 7) is 8.09. The Bertz CT molecular complexity index is 898. The van der Waals surface area contributed by atoms with E-state index in [1.165, 1.54) is 5.56 Å². The predicted molar refractivity (Wildman–Crippen MR) is 120 cm³/mol. The molecule has 7 heteroatoms. The van der Waals surface area contributed by atoms with Gasteiger partial charge in [-0.25, -0.2) is 0 Å². The van der Waals surface area contributed by atoms with Gasteiger partial charge in [0, 0.05) is 50.0 Å². The van der Waals surface area contributed by atoms with Crippen LogP contribution in [0, 0.1) is 6.92 Å². The van der Waals surface area contributed by atoms with Gasteiger partial charge in [-0.05, 0) is 51.2 Å². The van der Waals surface area contributed by atoms with E-state index >= 15 is 0 Å². The molecule has 1 aliphatic carbocycles. The van der Waals surface area contributed by atoms with Gasteiger partial charge in [0.15, 0.2) is 0 Å². The second kappa shape index (κ2) is 9.73. The minimum atomic E-state index is -0.0582. The third-order valence-electron chi connectivity index (χ3n) is 6.07. The van der Waals surface area contributed by atoms with Crippen molar-refractivity contribution in [1.29, 1.82) is 0 Å². The van der Waals surface area contributed by atoms with E-state index in [4.69, 9.17) is 9.47 Å². The Morgan fingerprint density at radius 3 is 2.68 bits per heavy atom. The Morgan fingerprint density at radius 2 is 2.00 bits per heavy atom. The molecule has 0 atom stereocenters. The molecule has 1 saturated heterocycles. The zero-order valence-electron chi connectivity index (χ0n) is 18.9. The van der Waals surface area contributed by atoms with Gasteiger partial charge in [-0.3, -0.25) is 14.4 Å². The zero-order valence-corrected chi connectivity index (χ0v) is 18.9. The van der Waals surface area contributed by atoms with Crippen molar-refractivity contribution >= 4 is 5.91 Å². The molecule has 1 aliphatic heterocycles. The third kappa shape index (κ3) is 5.58. The fourth-order valence-electron chi connectivity index (χ4n) is 4.07. The number of methoxy groups -OCH3 is 1. The topological polar surface area (TPSA) is 68.6 Å². The number of hydrogen-bond acceptors (Lipinski definition) is 5. The van der Waals surface area contributed by atoms with Crippen LogP contribution in [-0.4, -0.2) is 52.9 Å². The maximum absolute atomic E-state index is 12.6. The molecule has 0 spiro atoms. The van der Waals surface area contributed by atoms with Gasteiger partial charge in [0.1, 0.15) is 17.6 Å². The number of carbonyl (C=O) groups is 1. The van der Waals surface area contributed by atoms with Crippen molar-refractivity contribution in [3.05, 3.63) is 41.2 Å². The Morgan fingerprint density at radius 1 is 1.23 bits per heavy atom. The van der Waals surface area contributed by atoms with Gasteiger partial charge in [0.05, 0.1) is 18.4 Å². The van der Waals surface area contributed by atoms with E-state index in [1.807, 2.05) is 12.1 Å². The molecule has 7 nitrogen and oxygen atoms in total. The molecule has 2 aliphatic rings. The fraction of sp³-hybridized carbons (Fsp3) is 0.583. The van der Waals surface area contributed by atoms with E-state index in [-0.39, 0.29) is 12.0 Å². The van der Waals surface area contributed by atoms with Crippen LogP contribution in [-0.2, 0) is 13.1 Å². The summed E-state index contributed by atoms with van der Waals surface area (Å²) in [5.41, 5.74) is 3.02. The van der Waals surface area contributed by atoms with E-state index in [2.05, 4.69) is 40.0 Å². The molecule has 0 unspecified atom stereocenters. The molecule has 168 valence electrons. The van der Waals surface area contributed by atoms with Crippen molar-refractivity contribution in [2.24, 2.45) is 0 Å². The highest BCUT2D eigenvalue weighted by molar-refractivity contribution is 5.97. The smallest absolute Gasteiger partial charge is 0.255 e. The second-order valence-corrected chi connectivity index (χ2v) is 8.71. The van der Waals surface area contributed by atoms with Gasteiger partial charge in [-0.2, -0.15) is 5.10 Å². The van der Waals surface area contributed by atoms with E-state index in [9.17, 15) is 4.79 Å². The first kappa shape index (κ1) is 21.7. The van der Waals surface area contributed by atoms with Crippen LogP contribution in [0.5, 0.6) is 11.5 Å². The molecule has 2 aromatic rings. The zero-order chi connectivity index (χ0) is 21.8. The van der Waals surface area contributed by atoms with Crippen LogP contribution in [0.2, 0.25) is 0 Å². The number of benzene rings is 1. The Balaban J connectivity index is 1.35. The molecule has 31 heavy (non-hydrogen) atoms. The average molecular weight is 427 g/mol. The van der Waals surface area contributed by atoms with Gasteiger partial charge < -0.3 is 14.8 Å². The standard InChI is InChI=1S/C24H34N4O3/c1-4-11-28-16-18(17(2)26-28)15-27-12-9-20(10-13-27)31-23-14-21(30-3)7-8-22(23)24(29)25-19-5-6-19/h7-8,14,16,19-20H,4-6,9-13,15H2,1-3H3,(H,25,29). The highest BCUT2D eigenvalue weighted by Crippen LogP contribution is 2.29. The first-order chi connectivity index (χ1) is 15.1. The lowest BCUT2D eigenvalue weighted by Gasteiger charge is -2.32. The van der Waals surface area contributed by atoms with Crippen molar-refractivity contribution in [3.63, 3.8) is 0 Å². The summed E-state index contributed by atoms with van der Waals surface area (Å²) in [6, 6.07) is 5.77.